The topological polar surface area (TPSA) is 30.5 Å². The first-order chi connectivity index (χ1) is 9.58. The Kier molecular flexibility index (Phi) is 8.00. The van der Waals surface area contributed by atoms with Gasteiger partial charge in [-0.1, -0.05) is 20.8 Å². The van der Waals surface area contributed by atoms with Crippen LogP contribution in [-0.4, -0.2) is 20.3 Å². The second-order valence-electron chi connectivity index (χ2n) is 5.32. The molecule has 1 aromatic rings. The molecule has 0 bridgehead atoms. The highest BCUT2D eigenvalue weighted by molar-refractivity contribution is 9.10. The van der Waals surface area contributed by atoms with Crippen molar-refractivity contribution in [3.8, 4) is 11.5 Å². The molecule has 0 amide bonds. The summed E-state index contributed by atoms with van der Waals surface area (Å²) in [4.78, 5) is 0. The number of methoxy groups -OCH3 is 1. The predicted molar refractivity (Wildman–Crippen MR) is 87.6 cm³/mol. The second kappa shape index (κ2) is 9.24. The summed E-state index contributed by atoms with van der Waals surface area (Å²) in [6, 6.07) is 4.13. The monoisotopic (exact) mass is 343 g/mol. The van der Waals surface area contributed by atoms with E-state index in [1.807, 2.05) is 6.07 Å². The molecule has 20 heavy (non-hydrogen) atoms. The van der Waals surface area contributed by atoms with Gasteiger partial charge < -0.3 is 14.8 Å². The van der Waals surface area contributed by atoms with Gasteiger partial charge in [-0.25, -0.2) is 0 Å². The summed E-state index contributed by atoms with van der Waals surface area (Å²) in [7, 11) is 1.68. The van der Waals surface area contributed by atoms with E-state index in [1.165, 1.54) is 5.56 Å². The highest BCUT2D eigenvalue weighted by atomic mass is 79.9. The van der Waals surface area contributed by atoms with E-state index in [4.69, 9.17) is 9.47 Å². The average Bonchev–Trinajstić information content (AvgIpc) is 2.40. The molecule has 1 rings (SSSR count). The number of benzene rings is 1. The molecule has 0 heterocycles. The number of ether oxygens (including phenoxy) is 2. The van der Waals surface area contributed by atoms with Gasteiger partial charge in [0.15, 0.2) is 11.5 Å². The third kappa shape index (κ3) is 5.71. The lowest BCUT2D eigenvalue weighted by Crippen LogP contribution is -2.14. The lowest BCUT2D eigenvalue weighted by Gasteiger charge is -2.15. The Hall–Kier alpha value is -0.740. The van der Waals surface area contributed by atoms with Gasteiger partial charge in [-0.05, 0) is 58.9 Å². The molecular weight excluding hydrogens is 318 g/mol. The molecule has 1 aromatic carbocycles. The zero-order valence-electron chi connectivity index (χ0n) is 13.0. The van der Waals surface area contributed by atoms with Crippen LogP contribution in [0, 0.1) is 5.92 Å². The molecule has 0 fully saturated rings. The highest BCUT2D eigenvalue weighted by Gasteiger charge is 2.11. The van der Waals surface area contributed by atoms with Gasteiger partial charge in [0.2, 0.25) is 0 Å². The van der Waals surface area contributed by atoms with Crippen LogP contribution in [0.2, 0.25) is 0 Å². The number of hydrogen-bond acceptors (Lipinski definition) is 3. The fourth-order valence-corrected chi connectivity index (χ4v) is 2.43. The molecule has 4 heteroatoms. The summed E-state index contributed by atoms with van der Waals surface area (Å²) in [5, 5.41) is 3.39. The maximum absolute atomic E-state index is 5.86. The summed E-state index contributed by atoms with van der Waals surface area (Å²) < 4.78 is 12.3. The van der Waals surface area contributed by atoms with Gasteiger partial charge in [0, 0.05) is 6.54 Å². The summed E-state index contributed by atoms with van der Waals surface area (Å²) in [5.74, 6) is 2.22. The normalized spacial score (nSPS) is 10.9. The SMILES string of the molecule is CCCNCc1cc(Br)c(OCCC(C)C)c(OC)c1. The Balaban J connectivity index is 2.74. The molecule has 0 spiro atoms. The predicted octanol–water partition coefficient (Wildman–Crippen LogP) is 4.38. The third-order valence-corrected chi connectivity index (χ3v) is 3.58. The largest absolute Gasteiger partial charge is 0.493 e. The lowest BCUT2D eigenvalue weighted by molar-refractivity contribution is 0.271. The number of nitrogens with one attached hydrogen (secondary N) is 1. The van der Waals surface area contributed by atoms with Crippen LogP contribution >= 0.6 is 15.9 Å². The smallest absolute Gasteiger partial charge is 0.175 e. The zero-order valence-corrected chi connectivity index (χ0v) is 14.5. The van der Waals surface area contributed by atoms with E-state index in [0.29, 0.717) is 12.5 Å². The van der Waals surface area contributed by atoms with Gasteiger partial charge in [0.1, 0.15) is 0 Å². The van der Waals surface area contributed by atoms with Crippen LogP contribution < -0.4 is 14.8 Å². The molecule has 114 valence electrons. The number of hydrogen-bond donors (Lipinski definition) is 1. The van der Waals surface area contributed by atoms with Crippen molar-refractivity contribution in [3.05, 3.63) is 22.2 Å². The Labute approximate surface area is 131 Å². The minimum absolute atomic E-state index is 0.636. The fraction of sp³-hybridized carbons (Fsp3) is 0.625. The van der Waals surface area contributed by atoms with Gasteiger partial charge in [-0.2, -0.15) is 0 Å². The highest BCUT2D eigenvalue weighted by Crippen LogP contribution is 2.36. The van der Waals surface area contributed by atoms with Crippen LogP contribution in [0.5, 0.6) is 11.5 Å². The van der Waals surface area contributed by atoms with Gasteiger partial charge >= 0.3 is 0 Å². The van der Waals surface area contributed by atoms with Crippen LogP contribution in [-0.2, 0) is 6.54 Å². The van der Waals surface area contributed by atoms with E-state index >= 15 is 0 Å². The molecule has 3 nitrogen and oxygen atoms in total. The van der Waals surface area contributed by atoms with E-state index < -0.39 is 0 Å². The Morgan fingerprint density at radius 1 is 1.30 bits per heavy atom. The summed E-state index contributed by atoms with van der Waals surface area (Å²) in [6.45, 7) is 9.12. The van der Waals surface area contributed by atoms with E-state index in [0.717, 1.165) is 41.9 Å². The van der Waals surface area contributed by atoms with Crippen LogP contribution in [0.1, 0.15) is 39.2 Å². The van der Waals surface area contributed by atoms with Crippen molar-refractivity contribution >= 4 is 15.9 Å². The maximum atomic E-state index is 5.86. The first kappa shape index (κ1) is 17.3. The molecule has 0 unspecified atom stereocenters. The standard InChI is InChI=1S/C16H26BrNO2/c1-5-7-18-11-13-9-14(17)16(15(10-13)19-4)20-8-6-12(2)3/h9-10,12,18H,5-8,11H2,1-4H3. The minimum atomic E-state index is 0.636. The molecular formula is C16H26BrNO2. The fourth-order valence-electron chi connectivity index (χ4n) is 1.82. The van der Waals surface area contributed by atoms with Crippen LogP contribution in [0.4, 0.5) is 0 Å². The van der Waals surface area contributed by atoms with Crippen LogP contribution in [0.25, 0.3) is 0 Å². The summed E-state index contributed by atoms with van der Waals surface area (Å²) in [5.41, 5.74) is 1.19. The van der Waals surface area contributed by atoms with E-state index in [9.17, 15) is 0 Å². The minimum Gasteiger partial charge on any atom is -0.493 e. The molecule has 0 aliphatic rings. The van der Waals surface area contributed by atoms with Crippen molar-refractivity contribution in [3.63, 3.8) is 0 Å². The molecule has 0 saturated heterocycles. The average molecular weight is 344 g/mol. The second-order valence-corrected chi connectivity index (χ2v) is 6.17. The summed E-state index contributed by atoms with van der Waals surface area (Å²) >= 11 is 3.58. The Morgan fingerprint density at radius 2 is 2.05 bits per heavy atom. The summed E-state index contributed by atoms with van der Waals surface area (Å²) in [6.07, 6.45) is 2.17. The van der Waals surface area contributed by atoms with Crippen molar-refractivity contribution in [1.29, 1.82) is 0 Å². The Morgan fingerprint density at radius 3 is 2.65 bits per heavy atom. The zero-order chi connectivity index (χ0) is 15.0. The van der Waals surface area contributed by atoms with Gasteiger partial charge in [0.25, 0.3) is 0 Å². The van der Waals surface area contributed by atoms with Crippen molar-refractivity contribution in [1.82, 2.24) is 5.32 Å². The van der Waals surface area contributed by atoms with Crippen LogP contribution in [0.3, 0.4) is 0 Å². The van der Waals surface area contributed by atoms with E-state index in [1.54, 1.807) is 7.11 Å². The van der Waals surface area contributed by atoms with E-state index in [-0.39, 0.29) is 0 Å². The molecule has 0 aliphatic heterocycles. The molecule has 1 N–H and O–H groups in total. The van der Waals surface area contributed by atoms with Gasteiger partial charge in [-0.15, -0.1) is 0 Å². The molecule has 0 aliphatic carbocycles. The van der Waals surface area contributed by atoms with Crippen molar-refractivity contribution < 1.29 is 9.47 Å². The van der Waals surface area contributed by atoms with E-state index in [2.05, 4.69) is 48.1 Å². The van der Waals surface area contributed by atoms with Gasteiger partial charge in [-0.3, -0.25) is 0 Å². The lowest BCUT2D eigenvalue weighted by atomic mass is 10.1. The van der Waals surface area contributed by atoms with Crippen molar-refractivity contribution in [2.75, 3.05) is 20.3 Å². The maximum Gasteiger partial charge on any atom is 0.175 e. The van der Waals surface area contributed by atoms with Crippen molar-refractivity contribution in [2.24, 2.45) is 5.92 Å². The third-order valence-electron chi connectivity index (χ3n) is 2.99. The molecule has 0 radical (unpaired) electrons. The quantitative estimate of drug-likeness (QED) is 0.674. The number of halogens is 1. The first-order valence-corrected chi connectivity index (χ1v) is 8.07. The molecule has 0 saturated carbocycles. The first-order valence-electron chi connectivity index (χ1n) is 7.28. The van der Waals surface area contributed by atoms with Gasteiger partial charge in [0.05, 0.1) is 18.2 Å². The number of rotatable bonds is 9. The Bertz CT molecular complexity index is 408. The molecule has 0 aromatic heterocycles. The molecule has 0 atom stereocenters. The van der Waals surface area contributed by atoms with Crippen molar-refractivity contribution in [2.45, 2.75) is 40.2 Å². The van der Waals surface area contributed by atoms with Crippen LogP contribution in [0.15, 0.2) is 16.6 Å².